The lowest BCUT2D eigenvalue weighted by Crippen LogP contribution is -2.10. The molecule has 1 heterocycles. The highest BCUT2D eigenvalue weighted by atomic mass is 32.1. The van der Waals surface area contributed by atoms with Gasteiger partial charge in [0.1, 0.15) is 17.9 Å². The van der Waals surface area contributed by atoms with Crippen molar-refractivity contribution in [2.75, 3.05) is 13.2 Å². The molecule has 1 aromatic heterocycles. The Labute approximate surface area is 96.4 Å². The van der Waals surface area contributed by atoms with E-state index in [1.165, 1.54) is 0 Å². The van der Waals surface area contributed by atoms with E-state index in [0.717, 1.165) is 10.2 Å². The molecule has 2 aromatic rings. The van der Waals surface area contributed by atoms with Gasteiger partial charge >= 0.3 is 0 Å². The molecule has 0 amide bonds. The minimum atomic E-state index is 0.156. The smallest absolute Gasteiger partial charge is 0.146 e. The van der Waals surface area contributed by atoms with Crippen molar-refractivity contribution in [1.29, 1.82) is 0 Å². The van der Waals surface area contributed by atoms with Crippen LogP contribution in [0.2, 0.25) is 0 Å². The Hall–Kier alpha value is -1.46. The van der Waals surface area contributed by atoms with Crippen LogP contribution >= 0.6 is 11.3 Å². The number of para-hydroxylation sites is 1. The van der Waals surface area contributed by atoms with Gasteiger partial charge in [0.15, 0.2) is 0 Å². The molecule has 1 aromatic carbocycles. The van der Waals surface area contributed by atoms with Gasteiger partial charge in [-0.05, 0) is 12.1 Å². The van der Waals surface area contributed by atoms with Gasteiger partial charge in [-0.1, -0.05) is 6.07 Å². The number of thiazole rings is 1. The van der Waals surface area contributed by atoms with Gasteiger partial charge in [0.2, 0.25) is 0 Å². The van der Waals surface area contributed by atoms with Gasteiger partial charge in [0.05, 0.1) is 16.5 Å². The molecule has 16 heavy (non-hydrogen) atoms. The highest BCUT2D eigenvalue weighted by Crippen LogP contribution is 2.27. The second-order valence-corrected chi connectivity index (χ2v) is 4.10. The number of nitrogens with zero attached hydrogens (tertiary/aromatic N) is 1. The second-order valence-electron chi connectivity index (χ2n) is 3.22. The van der Waals surface area contributed by atoms with Crippen LogP contribution in [-0.2, 0) is 0 Å². The number of rotatable bonds is 4. The molecule has 5 heteroatoms. The maximum Gasteiger partial charge on any atom is 0.146 e. The van der Waals surface area contributed by atoms with Crippen LogP contribution in [0.4, 0.5) is 4.39 Å². The fraction of sp³-hybridized carbons (Fsp3) is 0.182. The third-order valence-corrected chi connectivity index (χ3v) is 2.95. The summed E-state index contributed by atoms with van der Waals surface area (Å²) in [6, 6.07) is 5.67. The first-order valence-electron chi connectivity index (χ1n) is 4.78. The number of ether oxygens (including phenoxy) is 1. The second kappa shape index (κ2) is 5.05. The van der Waals surface area contributed by atoms with Crippen LogP contribution in [0.15, 0.2) is 35.6 Å². The Morgan fingerprint density at radius 3 is 3.19 bits per heavy atom. The Morgan fingerprint density at radius 2 is 2.44 bits per heavy atom. The summed E-state index contributed by atoms with van der Waals surface area (Å²) in [5.74, 6) is 0.659. The fourth-order valence-electron chi connectivity index (χ4n) is 1.28. The van der Waals surface area contributed by atoms with Crippen LogP contribution in [-0.4, -0.2) is 18.1 Å². The standard InChI is InChI=1S/C11H11FN2OS/c12-4-8(5-13)6-15-9-2-1-3-10-11(9)14-7-16-10/h1-4,7H,5-6,13H2/b8-4-. The minimum Gasteiger partial charge on any atom is -0.487 e. The summed E-state index contributed by atoms with van der Waals surface area (Å²) in [6.45, 7) is 0.313. The molecule has 0 spiro atoms. The predicted octanol–water partition coefficient (Wildman–Crippen LogP) is 2.49. The van der Waals surface area contributed by atoms with Crippen LogP contribution in [0.5, 0.6) is 5.75 Å². The number of fused-ring (bicyclic) bond motifs is 1. The van der Waals surface area contributed by atoms with Gasteiger partial charge in [-0.15, -0.1) is 11.3 Å². The number of nitrogens with two attached hydrogens (primary N) is 1. The van der Waals surface area contributed by atoms with Crippen molar-refractivity contribution >= 4 is 21.6 Å². The number of aromatic nitrogens is 1. The van der Waals surface area contributed by atoms with E-state index in [-0.39, 0.29) is 13.2 Å². The molecule has 0 unspecified atom stereocenters. The van der Waals surface area contributed by atoms with Gasteiger partial charge in [-0.3, -0.25) is 0 Å². The third-order valence-electron chi connectivity index (χ3n) is 2.15. The molecule has 0 saturated heterocycles. The fourth-order valence-corrected chi connectivity index (χ4v) is 1.98. The van der Waals surface area contributed by atoms with E-state index in [9.17, 15) is 4.39 Å². The zero-order chi connectivity index (χ0) is 11.4. The topological polar surface area (TPSA) is 48.1 Å². The van der Waals surface area contributed by atoms with E-state index in [1.54, 1.807) is 16.8 Å². The molecular formula is C11H11FN2OS. The molecule has 2 rings (SSSR count). The lowest BCUT2D eigenvalue weighted by molar-refractivity contribution is 0.351. The Kier molecular flexibility index (Phi) is 3.48. The highest BCUT2D eigenvalue weighted by molar-refractivity contribution is 7.16. The first kappa shape index (κ1) is 11.0. The SMILES string of the molecule is NC/C(=C/F)COc1cccc2scnc12. The van der Waals surface area contributed by atoms with Gasteiger partial charge < -0.3 is 10.5 Å². The van der Waals surface area contributed by atoms with Crippen LogP contribution in [0.3, 0.4) is 0 Å². The summed E-state index contributed by atoms with van der Waals surface area (Å²) >= 11 is 1.54. The highest BCUT2D eigenvalue weighted by Gasteiger charge is 2.05. The summed E-state index contributed by atoms with van der Waals surface area (Å²) in [5, 5.41) is 0. The van der Waals surface area contributed by atoms with Crippen LogP contribution in [0.1, 0.15) is 0 Å². The molecule has 0 aliphatic carbocycles. The average Bonchev–Trinajstić information content (AvgIpc) is 2.79. The van der Waals surface area contributed by atoms with Crippen molar-refractivity contribution in [1.82, 2.24) is 4.98 Å². The zero-order valence-corrected chi connectivity index (χ0v) is 9.34. The molecule has 0 bridgehead atoms. The molecule has 0 aliphatic rings. The Balaban J connectivity index is 2.18. The van der Waals surface area contributed by atoms with E-state index in [2.05, 4.69) is 4.98 Å². The average molecular weight is 238 g/mol. The van der Waals surface area contributed by atoms with E-state index >= 15 is 0 Å². The number of benzene rings is 1. The zero-order valence-electron chi connectivity index (χ0n) is 8.52. The molecule has 0 fully saturated rings. The lowest BCUT2D eigenvalue weighted by Gasteiger charge is -2.07. The normalized spacial score (nSPS) is 12.0. The summed E-state index contributed by atoms with van der Waals surface area (Å²) in [7, 11) is 0. The number of hydrogen-bond acceptors (Lipinski definition) is 4. The maximum atomic E-state index is 12.3. The van der Waals surface area contributed by atoms with Crippen molar-refractivity contribution in [2.45, 2.75) is 0 Å². The molecule has 84 valence electrons. The van der Waals surface area contributed by atoms with E-state index < -0.39 is 0 Å². The molecule has 0 aliphatic heterocycles. The third kappa shape index (κ3) is 2.20. The van der Waals surface area contributed by atoms with Crippen molar-refractivity contribution < 1.29 is 9.13 Å². The Bertz CT molecular complexity index is 509. The molecule has 2 N–H and O–H groups in total. The van der Waals surface area contributed by atoms with E-state index in [0.29, 0.717) is 17.7 Å². The molecule has 0 atom stereocenters. The molecule has 3 nitrogen and oxygen atoms in total. The van der Waals surface area contributed by atoms with Crippen LogP contribution < -0.4 is 10.5 Å². The van der Waals surface area contributed by atoms with Gasteiger partial charge in [0, 0.05) is 12.1 Å². The van der Waals surface area contributed by atoms with Crippen LogP contribution in [0.25, 0.3) is 10.2 Å². The van der Waals surface area contributed by atoms with Crippen molar-refractivity contribution in [3.8, 4) is 5.75 Å². The van der Waals surface area contributed by atoms with Crippen molar-refractivity contribution in [3.63, 3.8) is 0 Å². The predicted molar refractivity (Wildman–Crippen MR) is 63.4 cm³/mol. The van der Waals surface area contributed by atoms with Crippen molar-refractivity contribution in [2.24, 2.45) is 5.73 Å². The monoisotopic (exact) mass is 238 g/mol. The first-order chi connectivity index (χ1) is 7.85. The minimum absolute atomic E-state index is 0.156. The summed E-state index contributed by atoms with van der Waals surface area (Å²) in [4.78, 5) is 4.20. The molecule has 0 saturated carbocycles. The van der Waals surface area contributed by atoms with Gasteiger partial charge in [-0.2, -0.15) is 0 Å². The quantitative estimate of drug-likeness (QED) is 0.890. The van der Waals surface area contributed by atoms with Crippen molar-refractivity contribution in [3.05, 3.63) is 35.6 Å². The lowest BCUT2D eigenvalue weighted by atomic mass is 10.3. The first-order valence-corrected chi connectivity index (χ1v) is 5.66. The van der Waals surface area contributed by atoms with Gasteiger partial charge in [0.25, 0.3) is 0 Å². The Morgan fingerprint density at radius 1 is 1.56 bits per heavy atom. The number of halogens is 1. The largest absolute Gasteiger partial charge is 0.487 e. The molecule has 0 radical (unpaired) electrons. The van der Waals surface area contributed by atoms with Crippen LogP contribution in [0, 0.1) is 0 Å². The van der Waals surface area contributed by atoms with E-state index in [1.807, 2.05) is 18.2 Å². The van der Waals surface area contributed by atoms with Gasteiger partial charge in [-0.25, -0.2) is 9.37 Å². The summed E-state index contributed by atoms with van der Waals surface area (Å²) < 4.78 is 18.8. The number of hydrogen-bond donors (Lipinski definition) is 1. The summed E-state index contributed by atoms with van der Waals surface area (Å²) in [6.07, 6.45) is 0.487. The summed E-state index contributed by atoms with van der Waals surface area (Å²) in [5.41, 5.74) is 8.33. The maximum absolute atomic E-state index is 12.3. The van der Waals surface area contributed by atoms with E-state index in [4.69, 9.17) is 10.5 Å². The molecular weight excluding hydrogens is 227 g/mol.